The van der Waals surface area contributed by atoms with Crippen molar-refractivity contribution in [3.05, 3.63) is 35.9 Å². The molecule has 0 spiro atoms. The summed E-state index contributed by atoms with van der Waals surface area (Å²) in [5.74, 6) is -0.0353. The first kappa shape index (κ1) is 14.9. The van der Waals surface area contributed by atoms with Crippen LogP contribution in [0.25, 0.3) is 0 Å². The molecule has 0 radical (unpaired) electrons. The van der Waals surface area contributed by atoms with Gasteiger partial charge in [-0.2, -0.15) is 0 Å². The number of ketones is 1. The highest BCUT2D eigenvalue weighted by Gasteiger charge is 2.17. The molecular weight excluding hydrogens is 228 g/mol. The van der Waals surface area contributed by atoms with Crippen molar-refractivity contribution in [3.8, 4) is 0 Å². The number of benzene rings is 1. The molecule has 18 heavy (non-hydrogen) atoms. The number of hydrogen-bond acceptors (Lipinski definition) is 3. The molecule has 3 nitrogen and oxygen atoms in total. The van der Waals surface area contributed by atoms with Crippen LogP contribution in [-0.4, -0.2) is 23.1 Å². The van der Waals surface area contributed by atoms with E-state index < -0.39 is 12.2 Å². The Balaban J connectivity index is 2.32. The monoisotopic (exact) mass is 250 g/mol. The van der Waals surface area contributed by atoms with Crippen molar-refractivity contribution in [2.45, 2.75) is 51.9 Å². The van der Waals surface area contributed by atoms with Crippen LogP contribution in [0.4, 0.5) is 0 Å². The summed E-state index contributed by atoms with van der Waals surface area (Å²) in [6.45, 7) is 4.16. The smallest absolute Gasteiger partial charge is 0.163 e. The van der Waals surface area contributed by atoms with Crippen LogP contribution in [0.15, 0.2) is 30.3 Å². The van der Waals surface area contributed by atoms with Gasteiger partial charge in [0.2, 0.25) is 0 Å². The van der Waals surface area contributed by atoms with E-state index in [1.54, 1.807) is 6.92 Å². The molecule has 100 valence electrons. The fraction of sp³-hybridized carbons (Fsp3) is 0.533. The average molecular weight is 250 g/mol. The predicted molar refractivity (Wildman–Crippen MR) is 71.2 cm³/mol. The van der Waals surface area contributed by atoms with E-state index in [1.165, 1.54) is 0 Å². The van der Waals surface area contributed by atoms with Gasteiger partial charge in [0, 0.05) is 6.42 Å². The number of Topliss-reactive ketones (excluding diaryl/α,β-unsaturated/α-hetero) is 1. The lowest BCUT2D eigenvalue weighted by molar-refractivity contribution is -0.132. The van der Waals surface area contributed by atoms with Crippen molar-refractivity contribution >= 4 is 5.78 Å². The minimum absolute atomic E-state index is 0.0353. The van der Waals surface area contributed by atoms with Gasteiger partial charge in [-0.05, 0) is 18.9 Å². The van der Waals surface area contributed by atoms with E-state index >= 15 is 0 Å². The van der Waals surface area contributed by atoms with Crippen LogP contribution in [0, 0.1) is 0 Å². The van der Waals surface area contributed by atoms with Gasteiger partial charge in [-0.3, -0.25) is 4.79 Å². The molecule has 0 amide bonds. The molecule has 0 unspecified atom stereocenters. The van der Waals surface area contributed by atoms with Crippen LogP contribution in [0.3, 0.4) is 0 Å². The lowest BCUT2D eigenvalue weighted by Gasteiger charge is -2.14. The third-order valence-corrected chi connectivity index (χ3v) is 2.85. The molecule has 0 fully saturated rings. The fourth-order valence-electron chi connectivity index (χ4n) is 1.72. The Kier molecular flexibility index (Phi) is 6.61. The van der Waals surface area contributed by atoms with E-state index in [1.807, 2.05) is 37.3 Å². The zero-order valence-electron chi connectivity index (χ0n) is 11.1. The molecule has 0 saturated carbocycles. The highest BCUT2D eigenvalue weighted by atomic mass is 16.5. The molecular formula is C15H22O3. The van der Waals surface area contributed by atoms with Crippen LogP contribution in [0.2, 0.25) is 0 Å². The quantitative estimate of drug-likeness (QED) is 0.771. The molecule has 0 aliphatic carbocycles. The van der Waals surface area contributed by atoms with E-state index in [0.29, 0.717) is 13.0 Å². The molecule has 0 saturated heterocycles. The van der Waals surface area contributed by atoms with Gasteiger partial charge >= 0.3 is 0 Å². The Labute approximate surface area is 109 Å². The van der Waals surface area contributed by atoms with Crippen LogP contribution >= 0.6 is 0 Å². The molecule has 1 aromatic rings. The summed E-state index contributed by atoms with van der Waals surface area (Å²) in [5.41, 5.74) is 1.05. The number of carbonyl (C=O) groups is 1. The number of ether oxygens (including phenoxy) is 1. The molecule has 2 atom stereocenters. The maximum absolute atomic E-state index is 11.8. The van der Waals surface area contributed by atoms with E-state index in [0.717, 1.165) is 12.0 Å². The summed E-state index contributed by atoms with van der Waals surface area (Å²) in [4.78, 5) is 11.8. The molecule has 3 heteroatoms. The number of aliphatic hydroxyl groups is 1. The van der Waals surface area contributed by atoms with Crippen molar-refractivity contribution in [2.75, 3.05) is 0 Å². The van der Waals surface area contributed by atoms with E-state index in [2.05, 4.69) is 0 Å². The van der Waals surface area contributed by atoms with E-state index in [9.17, 15) is 9.90 Å². The first-order valence-corrected chi connectivity index (χ1v) is 6.49. The molecule has 0 heterocycles. The standard InChI is InChI=1S/C15H22O3/c1-3-7-14(16)10-15(17)12(2)18-11-13-8-5-4-6-9-13/h4-6,8-9,12,14,16H,3,7,10-11H2,1-2H3/t12-,14+/m0/s1. The molecule has 0 aromatic heterocycles. The number of hydrogen-bond donors (Lipinski definition) is 1. The Bertz CT molecular complexity index is 348. The van der Waals surface area contributed by atoms with Gasteiger partial charge in [-0.1, -0.05) is 43.7 Å². The normalized spacial score (nSPS) is 14.2. The topological polar surface area (TPSA) is 46.5 Å². The first-order chi connectivity index (χ1) is 8.63. The molecule has 1 aromatic carbocycles. The second kappa shape index (κ2) is 8.01. The zero-order valence-corrected chi connectivity index (χ0v) is 11.1. The van der Waals surface area contributed by atoms with Crippen molar-refractivity contribution in [1.29, 1.82) is 0 Å². The van der Waals surface area contributed by atoms with E-state index in [4.69, 9.17) is 4.74 Å². The molecule has 0 bridgehead atoms. The number of carbonyl (C=O) groups excluding carboxylic acids is 1. The largest absolute Gasteiger partial charge is 0.393 e. The van der Waals surface area contributed by atoms with Crippen molar-refractivity contribution < 1.29 is 14.6 Å². The lowest BCUT2D eigenvalue weighted by atomic mass is 10.1. The van der Waals surface area contributed by atoms with Gasteiger partial charge in [0.15, 0.2) is 5.78 Å². The summed E-state index contributed by atoms with van der Waals surface area (Å²) in [6.07, 6.45) is 0.733. The molecule has 0 aliphatic heterocycles. The Morgan fingerprint density at radius 3 is 2.61 bits per heavy atom. The van der Waals surface area contributed by atoms with Crippen molar-refractivity contribution in [2.24, 2.45) is 0 Å². The summed E-state index contributed by atoms with van der Waals surface area (Å²) in [5, 5.41) is 9.58. The van der Waals surface area contributed by atoms with E-state index in [-0.39, 0.29) is 12.2 Å². The van der Waals surface area contributed by atoms with Crippen LogP contribution in [0.1, 0.15) is 38.7 Å². The van der Waals surface area contributed by atoms with Crippen molar-refractivity contribution in [1.82, 2.24) is 0 Å². The third-order valence-electron chi connectivity index (χ3n) is 2.85. The average Bonchev–Trinajstić information content (AvgIpc) is 2.37. The Hall–Kier alpha value is -1.19. The predicted octanol–water partition coefficient (Wildman–Crippen LogP) is 2.71. The van der Waals surface area contributed by atoms with Gasteiger partial charge in [0.25, 0.3) is 0 Å². The fourth-order valence-corrected chi connectivity index (χ4v) is 1.72. The van der Waals surface area contributed by atoms with Gasteiger partial charge in [-0.25, -0.2) is 0 Å². The minimum atomic E-state index is -0.537. The second-order valence-corrected chi connectivity index (χ2v) is 4.55. The highest BCUT2D eigenvalue weighted by Crippen LogP contribution is 2.08. The first-order valence-electron chi connectivity index (χ1n) is 6.49. The summed E-state index contributed by atoms with van der Waals surface area (Å²) in [7, 11) is 0. The highest BCUT2D eigenvalue weighted by molar-refractivity contribution is 5.83. The molecule has 0 aliphatic rings. The van der Waals surface area contributed by atoms with Gasteiger partial charge in [-0.15, -0.1) is 0 Å². The van der Waals surface area contributed by atoms with Crippen LogP contribution in [0.5, 0.6) is 0 Å². The van der Waals surface area contributed by atoms with Gasteiger partial charge in [0.1, 0.15) is 6.10 Å². The van der Waals surface area contributed by atoms with Gasteiger partial charge < -0.3 is 9.84 Å². The Morgan fingerprint density at radius 2 is 2.00 bits per heavy atom. The van der Waals surface area contributed by atoms with Crippen LogP contribution < -0.4 is 0 Å². The molecule has 1 N–H and O–H groups in total. The maximum Gasteiger partial charge on any atom is 0.163 e. The second-order valence-electron chi connectivity index (χ2n) is 4.55. The SMILES string of the molecule is CCC[C@@H](O)CC(=O)[C@H](C)OCc1ccccc1. The van der Waals surface area contributed by atoms with Crippen LogP contribution in [-0.2, 0) is 16.1 Å². The molecule has 1 rings (SSSR count). The maximum atomic E-state index is 11.8. The number of aliphatic hydroxyl groups excluding tert-OH is 1. The Morgan fingerprint density at radius 1 is 1.33 bits per heavy atom. The number of rotatable bonds is 8. The third kappa shape index (κ3) is 5.43. The minimum Gasteiger partial charge on any atom is -0.393 e. The summed E-state index contributed by atoms with van der Waals surface area (Å²) < 4.78 is 5.51. The summed E-state index contributed by atoms with van der Waals surface area (Å²) >= 11 is 0. The summed E-state index contributed by atoms with van der Waals surface area (Å²) in [6, 6.07) is 9.75. The lowest BCUT2D eigenvalue weighted by Crippen LogP contribution is -2.25. The van der Waals surface area contributed by atoms with Gasteiger partial charge in [0.05, 0.1) is 12.7 Å². The van der Waals surface area contributed by atoms with Crippen molar-refractivity contribution in [3.63, 3.8) is 0 Å². The zero-order chi connectivity index (χ0) is 13.4.